The second-order valence-corrected chi connectivity index (χ2v) is 12.5. The van der Waals surface area contributed by atoms with Crippen molar-refractivity contribution in [2.75, 3.05) is 0 Å². The number of rotatable bonds is 8. The van der Waals surface area contributed by atoms with E-state index < -0.39 is 21.4 Å². The van der Waals surface area contributed by atoms with Crippen molar-refractivity contribution in [3.05, 3.63) is 187 Å². The molecule has 6 N–H and O–H groups in total. The first-order chi connectivity index (χ1) is 28.6. The highest BCUT2D eigenvalue weighted by Gasteiger charge is 2.14. The third-order valence-electron chi connectivity index (χ3n) is 8.46. The van der Waals surface area contributed by atoms with Gasteiger partial charge in [-0.3, -0.25) is 4.79 Å². The molecule has 0 saturated carbocycles. The number of terminal acetylenes is 1. The number of hydrogen-bond donors (Lipinski definition) is 6. The fraction of sp³-hybridized carbons (Fsp3) is 0. The molecule has 59 heavy (non-hydrogen) atoms. The molecule has 8 rings (SSSR count). The van der Waals surface area contributed by atoms with Crippen LogP contribution in [0.4, 0.5) is 0 Å². The second kappa shape index (κ2) is 22.0. The average Bonchev–Trinajstić information content (AvgIpc) is 4.00. The first-order valence-corrected chi connectivity index (χ1v) is 18.0. The Bertz CT molecular complexity index is 2360. The van der Waals surface area contributed by atoms with Gasteiger partial charge in [0, 0.05) is 45.5 Å². The Morgan fingerprint density at radius 2 is 0.797 bits per heavy atom. The normalized spacial score (nSPS) is 9.92. The lowest BCUT2D eigenvalue weighted by atomic mass is 9.80. The Balaban J connectivity index is 0.000000159. The van der Waals surface area contributed by atoms with Crippen molar-refractivity contribution in [2.45, 2.75) is 0 Å². The first kappa shape index (κ1) is 43.1. The second-order valence-electron chi connectivity index (χ2n) is 12.5. The molecule has 0 radical (unpaired) electrons. The van der Waals surface area contributed by atoms with Gasteiger partial charge in [0.2, 0.25) is 0 Å². The van der Waals surface area contributed by atoms with Crippen molar-refractivity contribution >= 4 is 44.0 Å². The Labute approximate surface area is 341 Å². The molecule has 290 valence electrons. The van der Waals surface area contributed by atoms with Crippen LogP contribution >= 0.6 is 0 Å². The zero-order chi connectivity index (χ0) is 42.0. The number of hydrogen-bond acceptors (Lipinski definition) is 11. The Morgan fingerprint density at radius 3 is 1.10 bits per heavy atom. The number of aldehydes is 1. The number of nitrogens with zero attached hydrogens (tertiary/aromatic N) is 2. The molecule has 2 aromatic heterocycles. The zero-order valence-electron chi connectivity index (χ0n) is 31.4. The lowest BCUT2D eigenvalue weighted by molar-refractivity contribution is 0.112. The van der Waals surface area contributed by atoms with Crippen LogP contribution in [0.3, 0.4) is 0 Å². The molecule has 0 saturated heterocycles. The van der Waals surface area contributed by atoms with Crippen LogP contribution in [0.5, 0.6) is 0 Å². The predicted octanol–water partition coefficient (Wildman–Crippen LogP) is 4.22. The highest BCUT2D eigenvalue weighted by atomic mass is 16.5. The summed E-state index contributed by atoms with van der Waals surface area (Å²) in [4.78, 5) is 10.0. The molecule has 14 heteroatoms. The monoisotopic (exact) mass is 782 g/mol. The van der Waals surface area contributed by atoms with Crippen LogP contribution in [0.15, 0.2) is 185 Å². The minimum Gasteiger partial charge on any atom is -0.423 e. The van der Waals surface area contributed by atoms with E-state index in [1.165, 1.54) is 0 Å². The Morgan fingerprint density at radius 1 is 0.458 bits per heavy atom. The summed E-state index contributed by atoms with van der Waals surface area (Å²) in [6.45, 7) is 0. The fourth-order valence-corrected chi connectivity index (χ4v) is 5.23. The van der Waals surface area contributed by atoms with Gasteiger partial charge in [-0.25, -0.2) is 0 Å². The van der Waals surface area contributed by atoms with E-state index in [9.17, 15) is 4.79 Å². The summed E-state index contributed by atoms with van der Waals surface area (Å²) >= 11 is 0. The van der Waals surface area contributed by atoms with Crippen molar-refractivity contribution in [3.63, 3.8) is 0 Å². The van der Waals surface area contributed by atoms with Crippen molar-refractivity contribution in [1.29, 1.82) is 0 Å². The van der Waals surface area contributed by atoms with Crippen molar-refractivity contribution in [3.8, 4) is 57.5 Å². The molecule has 0 atom stereocenters. The van der Waals surface area contributed by atoms with Gasteiger partial charge in [0.05, 0.1) is 0 Å². The van der Waals surface area contributed by atoms with Gasteiger partial charge in [0.25, 0.3) is 0 Å². The molecule has 0 fully saturated rings. The maximum atomic E-state index is 10.0. The summed E-state index contributed by atoms with van der Waals surface area (Å²) in [5.41, 5.74) is 7.99. The molecule has 0 amide bonds. The standard InChI is InChI=1S/2C15H12BNO3.C8H7BO2.C7H6O/c2*18-16(19)13-8-6-12(7-9-13)15-10-14(17-20-15)11-4-2-1-3-5-11;1-2-7-3-5-8(6-4-7)9(10)11;8-6-7-4-2-1-3-5-7/h2*1-10,18-19H;1,3-6,10-11H;1-6H. The Hall–Kier alpha value is -7.08. The zero-order valence-corrected chi connectivity index (χ0v) is 31.4. The number of carbonyl (C=O) groups is 1. The van der Waals surface area contributed by atoms with E-state index >= 15 is 0 Å². The maximum absolute atomic E-state index is 10.0. The number of carbonyl (C=O) groups excluding carboxylic acids is 1. The maximum Gasteiger partial charge on any atom is 0.488 e. The smallest absolute Gasteiger partial charge is 0.423 e. The van der Waals surface area contributed by atoms with Crippen LogP contribution in [-0.2, 0) is 0 Å². The van der Waals surface area contributed by atoms with Gasteiger partial charge in [-0.15, -0.1) is 6.42 Å². The summed E-state index contributed by atoms with van der Waals surface area (Å²) < 4.78 is 10.7. The molecule has 0 unspecified atom stereocenters. The summed E-state index contributed by atoms with van der Waals surface area (Å²) in [7, 11) is -4.33. The SMILES string of the molecule is C#Cc1ccc(B(O)O)cc1.O=Cc1ccccc1.OB(O)c1ccc(-c2cc(-c3ccccc3)no2)cc1.OB(O)c1ccc(-c2cc(-c3ccccc3)no2)cc1. The minimum absolute atomic E-state index is 0.441. The van der Waals surface area contributed by atoms with Crippen molar-refractivity contribution in [2.24, 2.45) is 0 Å². The molecule has 11 nitrogen and oxygen atoms in total. The summed E-state index contributed by atoms with van der Waals surface area (Å²) in [5.74, 6) is 3.71. The third-order valence-corrected chi connectivity index (χ3v) is 8.46. The summed E-state index contributed by atoms with van der Waals surface area (Å²) in [5, 5.41) is 61.7. The molecule has 8 aromatic rings. The number of benzene rings is 6. The predicted molar refractivity (Wildman–Crippen MR) is 230 cm³/mol. The van der Waals surface area contributed by atoms with Crippen LogP contribution in [0, 0.1) is 12.3 Å². The molecule has 6 aromatic carbocycles. The molecule has 2 heterocycles. The summed E-state index contributed by atoms with van der Waals surface area (Å²) in [6.07, 6.45) is 5.93. The van der Waals surface area contributed by atoms with Crippen LogP contribution in [0.1, 0.15) is 15.9 Å². The van der Waals surface area contributed by atoms with Crippen LogP contribution in [0.2, 0.25) is 0 Å². The highest BCUT2D eigenvalue weighted by molar-refractivity contribution is 6.59. The van der Waals surface area contributed by atoms with Crippen LogP contribution in [0.25, 0.3) is 45.2 Å². The van der Waals surface area contributed by atoms with E-state index in [-0.39, 0.29) is 0 Å². The average molecular weight is 782 g/mol. The molecular weight excluding hydrogens is 745 g/mol. The molecule has 0 bridgehead atoms. The van der Waals surface area contributed by atoms with E-state index in [0.29, 0.717) is 27.9 Å². The van der Waals surface area contributed by atoms with E-state index in [4.69, 9.17) is 45.6 Å². The van der Waals surface area contributed by atoms with Gasteiger partial charge in [-0.05, 0) is 28.5 Å². The van der Waals surface area contributed by atoms with E-state index in [2.05, 4.69) is 16.2 Å². The van der Waals surface area contributed by atoms with Crippen molar-refractivity contribution < 1.29 is 44.0 Å². The fourth-order valence-electron chi connectivity index (χ4n) is 5.23. The summed E-state index contributed by atoms with van der Waals surface area (Å²) in [6, 6.07) is 52.5. The van der Waals surface area contributed by atoms with E-state index in [1.54, 1.807) is 84.9 Å². The Kier molecular flexibility index (Phi) is 16.1. The third kappa shape index (κ3) is 13.0. The highest BCUT2D eigenvalue weighted by Crippen LogP contribution is 2.26. The van der Waals surface area contributed by atoms with E-state index in [0.717, 1.165) is 51.1 Å². The van der Waals surface area contributed by atoms with Crippen LogP contribution < -0.4 is 16.4 Å². The lowest BCUT2D eigenvalue weighted by Crippen LogP contribution is -2.29. The first-order valence-electron chi connectivity index (χ1n) is 18.0. The minimum atomic E-state index is -1.46. The number of aromatic nitrogens is 2. The molecule has 0 aliphatic heterocycles. The van der Waals surface area contributed by atoms with E-state index in [1.807, 2.05) is 91.0 Å². The molecular formula is C45H37B3N2O9. The molecule has 0 spiro atoms. The van der Waals surface area contributed by atoms with Gasteiger partial charge in [-0.2, -0.15) is 0 Å². The van der Waals surface area contributed by atoms with Crippen LogP contribution in [-0.4, -0.2) is 68.1 Å². The van der Waals surface area contributed by atoms with Crippen molar-refractivity contribution in [1.82, 2.24) is 10.3 Å². The van der Waals surface area contributed by atoms with Gasteiger partial charge in [0.1, 0.15) is 17.7 Å². The largest absolute Gasteiger partial charge is 0.488 e. The quantitative estimate of drug-likeness (QED) is 0.0736. The lowest BCUT2D eigenvalue weighted by Gasteiger charge is -1.99. The molecule has 0 aliphatic rings. The van der Waals surface area contributed by atoms with Gasteiger partial charge in [-0.1, -0.05) is 168 Å². The molecule has 0 aliphatic carbocycles. The topological polar surface area (TPSA) is 191 Å². The van der Waals surface area contributed by atoms with Gasteiger partial charge < -0.3 is 39.2 Å². The van der Waals surface area contributed by atoms with Gasteiger partial charge in [0.15, 0.2) is 11.5 Å². The van der Waals surface area contributed by atoms with Gasteiger partial charge >= 0.3 is 21.4 Å².